The summed E-state index contributed by atoms with van der Waals surface area (Å²) in [7, 11) is 0. The van der Waals surface area contributed by atoms with Gasteiger partial charge in [0.2, 0.25) is 5.67 Å². The molecule has 1 aliphatic carbocycles. The lowest BCUT2D eigenvalue weighted by molar-refractivity contribution is -0.165. The predicted octanol–water partition coefficient (Wildman–Crippen LogP) is 3.96. The average Bonchev–Trinajstić information content (AvgIpc) is 3.42. The minimum atomic E-state index is -2.54. The molecule has 1 N–H and O–H groups in total. The highest BCUT2D eigenvalue weighted by molar-refractivity contribution is 5.80. The highest BCUT2D eigenvalue weighted by Crippen LogP contribution is 2.30. The van der Waals surface area contributed by atoms with Crippen molar-refractivity contribution in [3.05, 3.63) is 59.9 Å². The number of aliphatic hydroxyl groups excluding tert-OH is 1. The van der Waals surface area contributed by atoms with Crippen LogP contribution < -0.4 is 4.74 Å². The number of carbonyl (C=O) groups excluding carboxylic acids is 1. The molecule has 0 spiro atoms. The number of halogens is 2. The molecule has 1 aliphatic rings. The molecular formula is C20H20F2O4. The molecule has 6 heteroatoms. The van der Waals surface area contributed by atoms with Crippen molar-refractivity contribution in [1.29, 1.82) is 0 Å². The van der Waals surface area contributed by atoms with Crippen molar-refractivity contribution in [2.75, 3.05) is 0 Å². The summed E-state index contributed by atoms with van der Waals surface area (Å²) in [5.41, 5.74) is -2.11. The van der Waals surface area contributed by atoms with Gasteiger partial charge < -0.3 is 14.6 Å². The first-order valence-electron chi connectivity index (χ1n) is 8.45. The van der Waals surface area contributed by atoms with E-state index >= 15 is 0 Å². The molecule has 2 unspecified atom stereocenters. The molecule has 138 valence electrons. The zero-order chi connectivity index (χ0) is 18.7. The molecule has 4 nitrogen and oxygen atoms in total. The number of ether oxygens (including phenoxy) is 2. The van der Waals surface area contributed by atoms with E-state index in [1.54, 1.807) is 30.3 Å². The van der Waals surface area contributed by atoms with Crippen molar-refractivity contribution in [1.82, 2.24) is 0 Å². The number of benzene rings is 2. The van der Waals surface area contributed by atoms with Crippen LogP contribution in [-0.4, -0.2) is 29.0 Å². The summed E-state index contributed by atoms with van der Waals surface area (Å²) < 4.78 is 39.0. The fourth-order valence-electron chi connectivity index (χ4n) is 2.37. The molecule has 2 atom stereocenters. The molecule has 1 saturated carbocycles. The number of rotatable bonds is 7. The number of alkyl halides is 1. The van der Waals surface area contributed by atoms with Gasteiger partial charge in [0.15, 0.2) is 11.6 Å². The van der Waals surface area contributed by atoms with E-state index in [0.29, 0.717) is 11.3 Å². The number of esters is 1. The maximum Gasteiger partial charge on any atom is 0.346 e. The number of hydrogen-bond acceptors (Lipinski definition) is 4. The molecule has 1 fully saturated rings. The van der Waals surface area contributed by atoms with Crippen LogP contribution in [0.5, 0.6) is 11.5 Å². The van der Waals surface area contributed by atoms with Gasteiger partial charge in [-0.1, -0.05) is 24.3 Å². The number of hydrogen-bond donors (Lipinski definition) is 1. The van der Waals surface area contributed by atoms with Crippen LogP contribution in [-0.2, 0) is 16.0 Å². The zero-order valence-electron chi connectivity index (χ0n) is 14.3. The minimum absolute atomic E-state index is 0.0398. The Morgan fingerprint density at radius 3 is 2.62 bits per heavy atom. The van der Waals surface area contributed by atoms with Gasteiger partial charge in [-0.2, -0.15) is 0 Å². The first kappa shape index (κ1) is 18.3. The molecular weight excluding hydrogens is 342 g/mol. The van der Waals surface area contributed by atoms with Gasteiger partial charge in [-0.25, -0.2) is 13.6 Å². The summed E-state index contributed by atoms with van der Waals surface area (Å²) >= 11 is 0. The standard InChI is InChI=1S/C20H20F2O4/c1-20(22,19(24)26-15-8-9-15)18(23)12-13-7-10-16(21)17(11-13)25-14-5-3-2-4-6-14/h2-7,10-11,15,18,23H,8-9,12H2,1H3. The third kappa shape index (κ3) is 4.38. The maximum absolute atomic E-state index is 14.6. The predicted molar refractivity (Wildman–Crippen MR) is 91.3 cm³/mol. The van der Waals surface area contributed by atoms with Gasteiger partial charge in [-0.3, -0.25) is 0 Å². The molecule has 0 radical (unpaired) electrons. The minimum Gasteiger partial charge on any atom is -0.460 e. The van der Waals surface area contributed by atoms with Gasteiger partial charge in [-0.15, -0.1) is 0 Å². The van der Waals surface area contributed by atoms with Gasteiger partial charge in [0.25, 0.3) is 0 Å². The fourth-order valence-corrected chi connectivity index (χ4v) is 2.37. The zero-order valence-corrected chi connectivity index (χ0v) is 14.3. The summed E-state index contributed by atoms with van der Waals surface area (Å²) in [6.45, 7) is 0.993. The Bertz CT molecular complexity index is 773. The second kappa shape index (κ2) is 7.41. The van der Waals surface area contributed by atoms with Crippen LogP contribution in [0.25, 0.3) is 0 Å². The molecule has 3 rings (SSSR count). The first-order chi connectivity index (χ1) is 12.4. The lowest BCUT2D eigenvalue weighted by atomic mass is 9.95. The molecule has 26 heavy (non-hydrogen) atoms. The largest absolute Gasteiger partial charge is 0.460 e. The highest BCUT2D eigenvalue weighted by Gasteiger charge is 2.45. The van der Waals surface area contributed by atoms with E-state index in [4.69, 9.17) is 9.47 Å². The van der Waals surface area contributed by atoms with Crippen molar-refractivity contribution in [3.8, 4) is 11.5 Å². The normalized spacial score (nSPS) is 17.2. The lowest BCUT2D eigenvalue weighted by Crippen LogP contribution is -2.45. The Morgan fingerprint density at radius 2 is 1.96 bits per heavy atom. The topological polar surface area (TPSA) is 55.8 Å². The van der Waals surface area contributed by atoms with Crippen molar-refractivity contribution < 1.29 is 28.2 Å². The molecule has 0 aromatic heterocycles. The average molecular weight is 362 g/mol. The molecule has 0 amide bonds. The second-order valence-electron chi connectivity index (χ2n) is 6.58. The summed E-state index contributed by atoms with van der Waals surface area (Å²) in [5, 5.41) is 10.2. The Kier molecular flexibility index (Phi) is 5.23. The third-order valence-electron chi connectivity index (χ3n) is 4.22. The van der Waals surface area contributed by atoms with Crippen molar-refractivity contribution in [2.45, 2.75) is 44.1 Å². The fraction of sp³-hybridized carbons (Fsp3) is 0.350. The van der Waals surface area contributed by atoms with Gasteiger partial charge in [0.1, 0.15) is 18.0 Å². The first-order valence-corrected chi connectivity index (χ1v) is 8.45. The summed E-state index contributed by atoms with van der Waals surface area (Å²) in [6.07, 6.45) is -0.616. The third-order valence-corrected chi connectivity index (χ3v) is 4.22. The van der Waals surface area contributed by atoms with Crippen molar-refractivity contribution in [3.63, 3.8) is 0 Å². The van der Waals surface area contributed by atoms with Crippen LogP contribution in [0.1, 0.15) is 25.3 Å². The van der Waals surface area contributed by atoms with Crippen LogP contribution in [0.15, 0.2) is 48.5 Å². The quantitative estimate of drug-likeness (QED) is 0.758. The molecule has 0 bridgehead atoms. The van der Waals surface area contributed by atoms with E-state index < -0.39 is 23.6 Å². The molecule has 0 heterocycles. The lowest BCUT2D eigenvalue weighted by Gasteiger charge is -2.24. The van der Waals surface area contributed by atoms with Crippen LogP contribution in [0.4, 0.5) is 8.78 Å². The van der Waals surface area contributed by atoms with Crippen molar-refractivity contribution >= 4 is 5.97 Å². The Morgan fingerprint density at radius 1 is 1.27 bits per heavy atom. The Labute approximate surface area is 150 Å². The van der Waals surface area contributed by atoms with Gasteiger partial charge >= 0.3 is 5.97 Å². The van der Waals surface area contributed by atoms with Crippen LogP contribution >= 0.6 is 0 Å². The second-order valence-corrected chi connectivity index (χ2v) is 6.58. The number of aliphatic hydroxyl groups is 1. The molecule has 2 aromatic carbocycles. The summed E-state index contributed by atoms with van der Waals surface area (Å²) in [5.74, 6) is -1.24. The monoisotopic (exact) mass is 362 g/mol. The summed E-state index contributed by atoms with van der Waals surface area (Å²) in [4.78, 5) is 11.9. The number of para-hydroxylation sites is 1. The van der Waals surface area contributed by atoms with Crippen LogP contribution in [0, 0.1) is 5.82 Å². The molecule has 0 saturated heterocycles. The molecule has 0 aliphatic heterocycles. The highest BCUT2D eigenvalue weighted by atomic mass is 19.1. The van der Waals surface area contributed by atoms with E-state index in [9.17, 15) is 18.7 Å². The van der Waals surface area contributed by atoms with Gasteiger partial charge in [0, 0.05) is 6.42 Å². The van der Waals surface area contributed by atoms with E-state index in [1.807, 2.05) is 0 Å². The number of carbonyl (C=O) groups is 1. The SMILES string of the molecule is CC(F)(C(=O)OC1CC1)C(O)Cc1ccc(F)c(Oc2ccccc2)c1. The molecule has 2 aromatic rings. The Hall–Kier alpha value is -2.47. The van der Waals surface area contributed by atoms with Crippen LogP contribution in [0.3, 0.4) is 0 Å². The van der Waals surface area contributed by atoms with Crippen LogP contribution in [0.2, 0.25) is 0 Å². The summed E-state index contributed by atoms with van der Waals surface area (Å²) in [6, 6.07) is 12.6. The van der Waals surface area contributed by atoms with E-state index in [0.717, 1.165) is 19.8 Å². The van der Waals surface area contributed by atoms with Gasteiger partial charge in [0.05, 0.1) is 0 Å². The van der Waals surface area contributed by atoms with E-state index in [2.05, 4.69) is 0 Å². The van der Waals surface area contributed by atoms with Crippen molar-refractivity contribution in [2.24, 2.45) is 0 Å². The van der Waals surface area contributed by atoms with Gasteiger partial charge in [-0.05, 0) is 49.6 Å². The van der Waals surface area contributed by atoms with E-state index in [1.165, 1.54) is 18.2 Å². The Balaban J connectivity index is 1.70. The smallest absolute Gasteiger partial charge is 0.346 e. The van der Waals surface area contributed by atoms with E-state index in [-0.39, 0.29) is 18.3 Å². The maximum atomic E-state index is 14.6.